The molecule has 1 aromatic carbocycles. The highest BCUT2D eigenvalue weighted by atomic mass is 35.5. The molecule has 100 valence electrons. The Hall–Kier alpha value is -1.48. The lowest BCUT2D eigenvalue weighted by Gasteiger charge is -2.21. The van der Waals surface area contributed by atoms with E-state index < -0.39 is 0 Å². The molecule has 2 N–H and O–H groups in total. The van der Waals surface area contributed by atoms with E-state index in [0.717, 1.165) is 11.3 Å². The van der Waals surface area contributed by atoms with Gasteiger partial charge in [-0.1, -0.05) is 49.1 Å². The van der Waals surface area contributed by atoms with Gasteiger partial charge in [-0.25, -0.2) is 0 Å². The minimum Gasteiger partial charge on any atom is -0.396 e. The number of nitrogens with two attached hydrogens (primary N) is 1. The van der Waals surface area contributed by atoms with Crippen LogP contribution in [0, 0.1) is 0 Å². The van der Waals surface area contributed by atoms with E-state index in [-0.39, 0.29) is 0 Å². The summed E-state index contributed by atoms with van der Waals surface area (Å²) in [5.74, 6) is 0. The smallest absolute Gasteiger partial charge is 0.117 e. The molecule has 19 heavy (non-hydrogen) atoms. The third-order valence-corrected chi connectivity index (χ3v) is 4.17. The maximum atomic E-state index is 6.22. The van der Waals surface area contributed by atoms with Gasteiger partial charge < -0.3 is 5.73 Å². The fourth-order valence-corrected chi connectivity index (χ4v) is 3.03. The van der Waals surface area contributed by atoms with Gasteiger partial charge in [0.2, 0.25) is 0 Å². The Morgan fingerprint density at radius 2 is 1.89 bits per heavy atom. The largest absolute Gasteiger partial charge is 0.396 e. The Bertz CT molecular complexity index is 571. The minimum atomic E-state index is 0.493. The van der Waals surface area contributed by atoms with E-state index in [4.69, 9.17) is 17.3 Å². The number of hydrogen-bond donors (Lipinski definition) is 1. The molecule has 0 atom stereocenters. The van der Waals surface area contributed by atoms with Gasteiger partial charge in [0.05, 0.1) is 16.8 Å². The molecule has 3 nitrogen and oxygen atoms in total. The van der Waals surface area contributed by atoms with Crippen LogP contribution in [-0.4, -0.2) is 9.78 Å². The van der Waals surface area contributed by atoms with Crippen molar-refractivity contribution in [2.45, 2.75) is 38.1 Å². The summed E-state index contributed by atoms with van der Waals surface area (Å²) < 4.78 is 2.03. The molecule has 1 fully saturated rings. The molecule has 0 aliphatic heterocycles. The monoisotopic (exact) mass is 275 g/mol. The van der Waals surface area contributed by atoms with Gasteiger partial charge in [-0.3, -0.25) is 4.68 Å². The van der Waals surface area contributed by atoms with Crippen LogP contribution in [0.4, 0.5) is 5.69 Å². The maximum absolute atomic E-state index is 6.22. The molecular formula is C15H18ClN3. The molecule has 0 amide bonds. The van der Waals surface area contributed by atoms with Crippen molar-refractivity contribution in [2.24, 2.45) is 0 Å². The predicted molar refractivity (Wildman–Crippen MR) is 79.2 cm³/mol. The van der Waals surface area contributed by atoms with Gasteiger partial charge in [-0.05, 0) is 18.9 Å². The van der Waals surface area contributed by atoms with E-state index >= 15 is 0 Å². The highest BCUT2D eigenvalue weighted by Crippen LogP contribution is 2.34. The second-order valence-electron chi connectivity index (χ2n) is 5.18. The van der Waals surface area contributed by atoms with E-state index in [1.807, 2.05) is 35.1 Å². The molecule has 0 radical (unpaired) electrons. The summed E-state index contributed by atoms with van der Waals surface area (Å²) in [6.45, 7) is 0. The average molecular weight is 276 g/mol. The van der Waals surface area contributed by atoms with Crippen LogP contribution >= 0.6 is 11.6 Å². The first kappa shape index (κ1) is 12.5. The summed E-state index contributed by atoms with van der Waals surface area (Å²) in [5, 5.41) is 5.37. The van der Waals surface area contributed by atoms with Crippen LogP contribution in [0.3, 0.4) is 0 Å². The van der Waals surface area contributed by atoms with Crippen molar-refractivity contribution in [3.63, 3.8) is 0 Å². The number of halogens is 1. The van der Waals surface area contributed by atoms with Crippen molar-refractivity contribution in [1.29, 1.82) is 0 Å². The first-order valence-electron chi connectivity index (χ1n) is 6.85. The van der Waals surface area contributed by atoms with Gasteiger partial charge in [-0.2, -0.15) is 5.10 Å². The molecule has 1 heterocycles. The number of nitrogens with zero attached hydrogens (tertiary/aromatic N) is 2. The highest BCUT2D eigenvalue weighted by molar-refractivity contribution is 6.33. The van der Waals surface area contributed by atoms with E-state index in [1.54, 1.807) is 0 Å². The van der Waals surface area contributed by atoms with Crippen LogP contribution in [0.15, 0.2) is 30.5 Å². The zero-order chi connectivity index (χ0) is 13.2. The van der Waals surface area contributed by atoms with Gasteiger partial charge in [0, 0.05) is 11.8 Å². The molecule has 0 saturated heterocycles. The summed E-state index contributed by atoms with van der Waals surface area (Å²) in [5.41, 5.74) is 8.53. The Balaban J connectivity index is 1.95. The molecule has 1 saturated carbocycles. The molecule has 0 bridgehead atoms. The number of aromatic nitrogens is 2. The zero-order valence-corrected chi connectivity index (χ0v) is 11.6. The van der Waals surface area contributed by atoms with Crippen LogP contribution in [0.2, 0.25) is 5.02 Å². The standard InChI is InChI=1S/C15H18ClN3/c16-13-9-5-4-8-12(13)15-14(17)10-19(18-15)11-6-2-1-3-7-11/h4-5,8-11H,1-3,6-7,17H2. The van der Waals surface area contributed by atoms with Crippen LogP contribution in [0.1, 0.15) is 38.1 Å². The molecule has 1 aromatic heterocycles. The van der Waals surface area contributed by atoms with E-state index in [9.17, 15) is 0 Å². The Morgan fingerprint density at radius 1 is 1.16 bits per heavy atom. The van der Waals surface area contributed by atoms with Gasteiger partial charge in [0.25, 0.3) is 0 Å². The van der Waals surface area contributed by atoms with Gasteiger partial charge >= 0.3 is 0 Å². The molecular weight excluding hydrogens is 258 g/mol. The van der Waals surface area contributed by atoms with Crippen molar-refractivity contribution in [2.75, 3.05) is 5.73 Å². The zero-order valence-electron chi connectivity index (χ0n) is 10.8. The topological polar surface area (TPSA) is 43.8 Å². The second-order valence-corrected chi connectivity index (χ2v) is 5.59. The lowest BCUT2D eigenvalue weighted by atomic mass is 9.96. The molecule has 1 aliphatic carbocycles. The predicted octanol–water partition coefficient (Wildman–Crippen LogP) is 4.29. The molecule has 1 aliphatic rings. The summed E-state index contributed by atoms with van der Waals surface area (Å²) in [7, 11) is 0. The van der Waals surface area contributed by atoms with E-state index in [1.165, 1.54) is 32.1 Å². The van der Waals surface area contributed by atoms with E-state index in [2.05, 4.69) is 5.10 Å². The van der Waals surface area contributed by atoms with E-state index in [0.29, 0.717) is 16.8 Å². The maximum Gasteiger partial charge on any atom is 0.117 e. The fraction of sp³-hybridized carbons (Fsp3) is 0.400. The van der Waals surface area contributed by atoms with Crippen molar-refractivity contribution < 1.29 is 0 Å². The van der Waals surface area contributed by atoms with Gasteiger partial charge in [-0.15, -0.1) is 0 Å². The van der Waals surface area contributed by atoms with Gasteiger partial charge in [0.1, 0.15) is 5.69 Å². The third kappa shape index (κ3) is 2.47. The lowest BCUT2D eigenvalue weighted by molar-refractivity contribution is 0.330. The number of rotatable bonds is 2. The number of nitrogen functional groups attached to an aromatic ring is 1. The quantitative estimate of drug-likeness (QED) is 0.888. The Labute approximate surface area is 118 Å². The Morgan fingerprint density at radius 3 is 2.63 bits per heavy atom. The van der Waals surface area contributed by atoms with Crippen molar-refractivity contribution in [1.82, 2.24) is 9.78 Å². The second kappa shape index (κ2) is 5.25. The summed E-state index contributed by atoms with van der Waals surface area (Å²) in [6.07, 6.45) is 8.25. The normalized spacial score (nSPS) is 16.7. The number of benzene rings is 1. The highest BCUT2D eigenvalue weighted by Gasteiger charge is 2.19. The lowest BCUT2D eigenvalue weighted by Crippen LogP contribution is -2.13. The van der Waals surface area contributed by atoms with Crippen LogP contribution in [0.5, 0.6) is 0 Å². The minimum absolute atomic E-state index is 0.493. The molecule has 4 heteroatoms. The molecule has 0 unspecified atom stereocenters. The summed E-state index contributed by atoms with van der Waals surface area (Å²) in [6, 6.07) is 8.20. The number of hydrogen-bond acceptors (Lipinski definition) is 2. The van der Waals surface area contributed by atoms with Crippen molar-refractivity contribution in [3.05, 3.63) is 35.5 Å². The van der Waals surface area contributed by atoms with Crippen molar-refractivity contribution in [3.8, 4) is 11.3 Å². The molecule has 3 rings (SSSR count). The third-order valence-electron chi connectivity index (χ3n) is 3.84. The SMILES string of the molecule is Nc1cn(C2CCCCC2)nc1-c1ccccc1Cl. The molecule has 0 spiro atoms. The summed E-state index contributed by atoms with van der Waals surface area (Å²) in [4.78, 5) is 0. The average Bonchev–Trinajstić information content (AvgIpc) is 2.82. The molecule has 2 aromatic rings. The van der Waals surface area contributed by atoms with Gasteiger partial charge in [0.15, 0.2) is 0 Å². The van der Waals surface area contributed by atoms with Crippen LogP contribution in [-0.2, 0) is 0 Å². The fourth-order valence-electron chi connectivity index (χ4n) is 2.80. The Kier molecular flexibility index (Phi) is 3.47. The van der Waals surface area contributed by atoms with Crippen molar-refractivity contribution >= 4 is 17.3 Å². The number of anilines is 1. The summed E-state index contributed by atoms with van der Waals surface area (Å²) >= 11 is 6.22. The first-order chi connectivity index (χ1) is 9.25. The van der Waals surface area contributed by atoms with Crippen LogP contribution < -0.4 is 5.73 Å². The van der Waals surface area contributed by atoms with Crippen LogP contribution in [0.25, 0.3) is 11.3 Å². The first-order valence-corrected chi connectivity index (χ1v) is 7.23.